The predicted molar refractivity (Wildman–Crippen MR) is 84.5 cm³/mol. The third-order valence-electron chi connectivity index (χ3n) is 4.76. The van der Waals surface area contributed by atoms with Crippen LogP contribution in [0.5, 0.6) is 5.75 Å². The summed E-state index contributed by atoms with van der Waals surface area (Å²) in [5, 5.41) is 11.3. The molecule has 1 fully saturated rings. The van der Waals surface area contributed by atoms with E-state index in [0.29, 0.717) is 18.6 Å². The van der Waals surface area contributed by atoms with Gasteiger partial charge in [0.05, 0.1) is 12.2 Å². The molecule has 0 heterocycles. The molecule has 0 bridgehead atoms. The van der Waals surface area contributed by atoms with Gasteiger partial charge in [-0.1, -0.05) is 39.0 Å². The molecular formula is C18H28O3. The van der Waals surface area contributed by atoms with Crippen LogP contribution in [0.4, 0.5) is 0 Å². The highest BCUT2D eigenvalue weighted by Crippen LogP contribution is 2.50. The van der Waals surface area contributed by atoms with Crippen LogP contribution in [-0.4, -0.2) is 25.4 Å². The summed E-state index contributed by atoms with van der Waals surface area (Å²) in [5.74, 6) is 0.997. The van der Waals surface area contributed by atoms with E-state index in [0.717, 1.165) is 30.6 Å². The van der Waals surface area contributed by atoms with Crippen molar-refractivity contribution in [3.8, 4) is 5.75 Å². The molecule has 3 nitrogen and oxygen atoms in total. The minimum atomic E-state index is -0.792. The van der Waals surface area contributed by atoms with Gasteiger partial charge >= 0.3 is 0 Å². The summed E-state index contributed by atoms with van der Waals surface area (Å²) in [6, 6.07) is 7.86. The van der Waals surface area contributed by atoms with Crippen LogP contribution >= 0.6 is 0 Å². The number of ether oxygens (including phenoxy) is 2. The Morgan fingerprint density at radius 2 is 1.90 bits per heavy atom. The number of methoxy groups -OCH3 is 1. The molecule has 1 aliphatic rings. The second-order valence-corrected chi connectivity index (χ2v) is 7.03. The zero-order chi connectivity index (χ0) is 15.5. The maximum absolute atomic E-state index is 11.3. The number of hydrogen-bond donors (Lipinski definition) is 1. The smallest absolute Gasteiger partial charge is 0.125 e. The average molecular weight is 292 g/mol. The fourth-order valence-electron chi connectivity index (χ4n) is 3.46. The first-order chi connectivity index (χ1) is 9.89. The van der Waals surface area contributed by atoms with Gasteiger partial charge < -0.3 is 14.6 Å². The molecule has 0 amide bonds. The first-order valence-corrected chi connectivity index (χ1v) is 7.83. The van der Waals surface area contributed by atoms with Crippen LogP contribution in [0.2, 0.25) is 0 Å². The molecule has 0 radical (unpaired) electrons. The van der Waals surface area contributed by atoms with Crippen molar-refractivity contribution < 1.29 is 14.6 Å². The first-order valence-electron chi connectivity index (χ1n) is 7.83. The van der Waals surface area contributed by atoms with Gasteiger partial charge in [0.2, 0.25) is 0 Å². The summed E-state index contributed by atoms with van der Waals surface area (Å²) in [4.78, 5) is 0. The molecular weight excluding hydrogens is 264 g/mol. The Kier molecular flexibility index (Phi) is 4.95. The van der Waals surface area contributed by atoms with Crippen LogP contribution in [0, 0.1) is 11.3 Å². The fourth-order valence-corrected chi connectivity index (χ4v) is 3.46. The number of aliphatic hydroxyl groups is 1. The molecule has 0 aromatic heterocycles. The number of para-hydroxylation sites is 1. The monoisotopic (exact) mass is 292 g/mol. The van der Waals surface area contributed by atoms with Crippen molar-refractivity contribution in [1.29, 1.82) is 0 Å². The van der Waals surface area contributed by atoms with Gasteiger partial charge in [-0.3, -0.25) is 0 Å². The van der Waals surface area contributed by atoms with E-state index < -0.39 is 5.60 Å². The molecule has 1 aromatic rings. The van der Waals surface area contributed by atoms with Gasteiger partial charge in [0.1, 0.15) is 12.4 Å². The summed E-state index contributed by atoms with van der Waals surface area (Å²) in [7, 11) is 1.66. The predicted octanol–water partition coefficient (Wildman–Crippen LogP) is 3.75. The van der Waals surface area contributed by atoms with Crippen molar-refractivity contribution in [3.05, 3.63) is 29.8 Å². The number of benzene rings is 1. The highest BCUT2D eigenvalue weighted by molar-refractivity contribution is 5.39. The largest absolute Gasteiger partial charge is 0.491 e. The zero-order valence-electron chi connectivity index (χ0n) is 13.7. The van der Waals surface area contributed by atoms with Gasteiger partial charge in [-0.25, -0.2) is 0 Å². The van der Waals surface area contributed by atoms with Gasteiger partial charge in [-0.2, -0.15) is 0 Å². The maximum Gasteiger partial charge on any atom is 0.125 e. The lowest BCUT2D eigenvalue weighted by atomic mass is 9.63. The van der Waals surface area contributed by atoms with E-state index in [1.807, 2.05) is 24.3 Å². The number of rotatable bonds is 5. The molecule has 118 valence electrons. The Hall–Kier alpha value is -1.06. The van der Waals surface area contributed by atoms with Crippen molar-refractivity contribution in [2.24, 2.45) is 11.3 Å². The molecule has 21 heavy (non-hydrogen) atoms. The van der Waals surface area contributed by atoms with Gasteiger partial charge in [0, 0.05) is 12.7 Å². The van der Waals surface area contributed by atoms with E-state index in [-0.39, 0.29) is 5.92 Å². The molecule has 1 saturated carbocycles. The van der Waals surface area contributed by atoms with Gasteiger partial charge in [-0.15, -0.1) is 0 Å². The van der Waals surface area contributed by atoms with Crippen molar-refractivity contribution in [2.75, 3.05) is 20.3 Å². The topological polar surface area (TPSA) is 38.7 Å². The summed E-state index contributed by atoms with van der Waals surface area (Å²) in [5.41, 5.74) is 0.431. The number of hydrogen-bond acceptors (Lipinski definition) is 3. The second kappa shape index (κ2) is 6.37. The first kappa shape index (κ1) is 16.3. The Morgan fingerprint density at radius 3 is 2.57 bits per heavy atom. The van der Waals surface area contributed by atoms with Crippen LogP contribution in [0.15, 0.2) is 24.3 Å². The molecule has 2 atom stereocenters. The summed E-state index contributed by atoms with van der Waals surface area (Å²) in [6.45, 7) is 7.76. The summed E-state index contributed by atoms with van der Waals surface area (Å²) < 4.78 is 10.8. The van der Waals surface area contributed by atoms with E-state index in [1.165, 1.54) is 0 Å². The Balaban J connectivity index is 2.24. The standard InChI is InChI=1S/C18H28O3/c1-14-13-17(2,3)9-10-18(14,19)15-7-5-6-8-16(15)21-12-11-20-4/h5-8,14,19H,9-13H2,1-4H3. The quantitative estimate of drug-likeness (QED) is 0.840. The third-order valence-corrected chi connectivity index (χ3v) is 4.76. The fraction of sp³-hybridized carbons (Fsp3) is 0.667. The summed E-state index contributed by atoms with van der Waals surface area (Å²) >= 11 is 0. The second-order valence-electron chi connectivity index (χ2n) is 7.03. The van der Waals surface area contributed by atoms with E-state index in [9.17, 15) is 5.11 Å². The molecule has 0 aliphatic heterocycles. The Morgan fingerprint density at radius 1 is 1.19 bits per heavy atom. The molecule has 1 N–H and O–H groups in total. The van der Waals surface area contributed by atoms with E-state index in [4.69, 9.17) is 9.47 Å². The van der Waals surface area contributed by atoms with Crippen LogP contribution in [0.25, 0.3) is 0 Å². The lowest BCUT2D eigenvalue weighted by Crippen LogP contribution is -2.42. The normalized spacial score (nSPS) is 28.3. The van der Waals surface area contributed by atoms with Crippen LogP contribution < -0.4 is 4.74 Å². The highest BCUT2D eigenvalue weighted by Gasteiger charge is 2.44. The minimum Gasteiger partial charge on any atom is -0.491 e. The Labute approximate surface area is 128 Å². The van der Waals surface area contributed by atoms with Gasteiger partial charge in [0.25, 0.3) is 0 Å². The molecule has 3 heteroatoms. The molecule has 2 unspecified atom stereocenters. The molecule has 0 saturated heterocycles. The maximum atomic E-state index is 11.3. The molecule has 2 rings (SSSR count). The van der Waals surface area contributed by atoms with Crippen LogP contribution in [-0.2, 0) is 10.3 Å². The average Bonchev–Trinajstić information content (AvgIpc) is 2.44. The molecule has 1 aliphatic carbocycles. The van der Waals surface area contributed by atoms with Gasteiger partial charge in [0.15, 0.2) is 0 Å². The minimum absolute atomic E-state index is 0.216. The summed E-state index contributed by atoms with van der Waals surface area (Å²) in [6.07, 6.45) is 2.84. The van der Waals surface area contributed by atoms with E-state index in [1.54, 1.807) is 7.11 Å². The lowest BCUT2D eigenvalue weighted by molar-refractivity contribution is -0.0785. The van der Waals surface area contributed by atoms with Gasteiger partial charge in [-0.05, 0) is 36.7 Å². The van der Waals surface area contributed by atoms with Crippen molar-refractivity contribution in [2.45, 2.75) is 45.6 Å². The zero-order valence-corrected chi connectivity index (χ0v) is 13.7. The van der Waals surface area contributed by atoms with E-state index >= 15 is 0 Å². The Bertz CT molecular complexity index is 469. The van der Waals surface area contributed by atoms with Crippen molar-refractivity contribution in [1.82, 2.24) is 0 Å². The van der Waals surface area contributed by atoms with Crippen LogP contribution in [0.3, 0.4) is 0 Å². The van der Waals surface area contributed by atoms with Crippen molar-refractivity contribution in [3.63, 3.8) is 0 Å². The SMILES string of the molecule is COCCOc1ccccc1C1(O)CCC(C)(C)CC1C. The van der Waals surface area contributed by atoms with E-state index in [2.05, 4.69) is 20.8 Å². The molecule has 1 aromatic carbocycles. The lowest BCUT2D eigenvalue weighted by Gasteiger charge is -2.45. The third kappa shape index (κ3) is 3.58. The van der Waals surface area contributed by atoms with Crippen molar-refractivity contribution >= 4 is 0 Å². The van der Waals surface area contributed by atoms with Crippen LogP contribution in [0.1, 0.15) is 45.6 Å². The molecule has 0 spiro atoms. The highest BCUT2D eigenvalue weighted by atomic mass is 16.5.